The molecular formula is C27H24Cl2N4. The molecule has 5 rings (SSSR count). The molecule has 1 atom stereocenters. The first-order valence-electron chi connectivity index (χ1n) is 10.9. The van der Waals surface area contributed by atoms with E-state index in [1.807, 2.05) is 54.6 Å². The molecule has 0 radical (unpaired) electrons. The van der Waals surface area contributed by atoms with Crippen molar-refractivity contribution in [3.8, 4) is 0 Å². The van der Waals surface area contributed by atoms with Gasteiger partial charge in [0, 0.05) is 27.5 Å². The summed E-state index contributed by atoms with van der Waals surface area (Å²) in [6.07, 6.45) is 4.37. The third-order valence-electron chi connectivity index (χ3n) is 5.53. The molecule has 3 aromatic rings. The molecule has 1 unspecified atom stereocenters. The lowest BCUT2D eigenvalue weighted by atomic mass is 9.96. The van der Waals surface area contributed by atoms with Crippen molar-refractivity contribution in [3.05, 3.63) is 106 Å². The molecule has 0 amide bonds. The van der Waals surface area contributed by atoms with Gasteiger partial charge in [-0.25, -0.2) is 0 Å². The fourth-order valence-corrected chi connectivity index (χ4v) is 4.37. The number of allylic oxidation sites excluding steroid dienone is 1. The van der Waals surface area contributed by atoms with Gasteiger partial charge in [-0.3, -0.25) is 4.99 Å². The van der Waals surface area contributed by atoms with E-state index >= 15 is 0 Å². The van der Waals surface area contributed by atoms with Crippen molar-refractivity contribution in [2.45, 2.75) is 25.9 Å². The lowest BCUT2D eigenvalue weighted by Crippen LogP contribution is -2.39. The number of nitrogens with one attached hydrogen (secondary N) is 2. The number of hydrogen-bond acceptors (Lipinski definition) is 4. The molecule has 0 bridgehead atoms. The Morgan fingerprint density at radius 1 is 0.909 bits per heavy atom. The minimum atomic E-state index is -0.0310. The Hall–Kier alpha value is -3.21. The molecule has 2 N–H and O–H groups in total. The summed E-state index contributed by atoms with van der Waals surface area (Å²) < 4.78 is 0. The Morgan fingerprint density at radius 3 is 2.27 bits per heavy atom. The number of fused-ring (bicyclic) bond motifs is 2. The largest absolute Gasteiger partial charge is 0.372 e. The van der Waals surface area contributed by atoms with Gasteiger partial charge in [0.1, 0.15) is 0 Å². The minimum Gasteiger partial charge on any atom is -0.372 e. The standard InChI is InChI=1S/C27H24Cl2N4/c1-17(2)30-24-16-27-25(15-23(24)31-20-11-7-18(28)8-12-20)32-22-5-3-4-6-26(22)33(27)21-13-9-19(29)10-14-21/h3-17,25,31-32H,1-2H3. The maximum atomic E-state index is 6.18. The lowest BCUT2D eigenvalue weighted by molar-refractivity contribution is 0.833. The van der Waals surface area contributed by atoms with Gasteiger partial charge >= 0.3 is 0 Å². The third-order valence-corrected chi connectivity index (χ3v) is 6.04. The topological polar surface area (TPSA) is 39.7 Å². The van der Waals surface area contributed by atoms with E-state index in [0.717, 1.165) is 39.9 Å². The van der Waals surface area contributed by atoms with Crippen molar-refractivity contribution >= 4 is 51.7 Å². The summed E-state index contributed by atoms with van der Waals surface area (Å²) in [6.45, 7) is 4.17. The quantitative estimate of drug-likeness (QED) is 0.407. The molecule has 166 valence electrons. The van der Waals surface area contributed by atoms with Crippen LogP contribution in [0.5, 0.6) is 0 Å². The average molecular weight is 475 g/mol. The molecule has 0 aromatic heterocycles. The average Bonchev–Trinajstić information content (AvgIpc) is 2.80. The highest BCUT2D eigenvalue weighted by atomic mass is 35.5. The molecule has 0 saturated carbocycles. The lowest BCUT2D eigenvalue weighted by Gasteiger charge is -2.40. The smallest absolute Gasteiger partial charge is 0.0878 e. The molecule has 4 nitrogen and oxygen atoms in total. The highest BCUT2D eigenvalue weighted by Gasteiger charge is 2.32. The van der Waals surface area contributed by atoms with Gasteiger partial charge in [-0.2, -0.15) is 0 Å². The highest BCUT2D eigenvalue weighted by molar-refractivity contribution is 6.31. The normalized spacial score (nSPS) is 18.3. The number of aliphatic imine (C=N–C) groups is 1. The van der Waals surface area contributed by atoms with Crippen LogP contribution in [-0.4, -0.2) is 17.8 Å². The van der Waals surface area contributed by atoms with Gasteiger partial charge in [0.25, 0.3) is 0 Å². The van der Waals surface area contributed by atoms with E-state index in [4.69, 9.17) is 28.2 Å². The van der Waals surface area contributed by atoms with Crippen LogP contribution in [0.4, 0.5) is 22.7 Å². The van der Waals surface area contributed by atoms with Crippen LogP contribution in [0, 0.1) is 0 Å². The van der Waals surface area contributed by atoms with Crippen LogP contribution in [-0.2, 0) is 0 Å². The van der Waals surface area contributed by atoms with Gasteiger partial charge in [-0.05, 0) is 86.7 Å². The first-order chi connectivity index (χ1) is 16.0. The highest BCUT2D eigenvalue weighted by Crippen LogP contribution is 2.43. The van der Waals surface area contributed by atoms with Crippen molar-refractivity contribution in [3.63, 3.8) is 0 Å². The number of rotatable bonds is 4. The molecule has 0 fully saturated rings. The summed E-state index contributed by atoms with van der Waals surface area (Å²) in [5.74, 6) is 0. The molecule has 0 spiro atoms. The molecule has 1 heterocycles. The molecule has 0 saturated heterocycles. The van der Waals surface area contributed by atoms with Crippen LogP contribution in [0.1, 0.15) is 13.8 Å². The SMILES string of the molecule is CC(C)N=C1C=C2C(C=C1Nc1ccc(Cl)cc1)Nc1ccccc1N2c1ccc(Cl)cc1. The molecule has 1 aliphatic heterocycles. The van der Waals surface area contributed by atoms with Crippen molar-refractivity contribution in [2.24, 2.45) is 4.99 Å². The van der Waals surface area contributed by atoms with Crippen molar-refractivity contribution < 1.29 is 0 Å². The maximum Gasteiger partial charge on any atom is 0.0878 e. The summed E-state index contributed by atoms with van der Waals surface area (Å²) in [6, 6.07) is 24.1. The second-order valence-electron chi connectivity index (χ2n) is 8.34. The summed E-state index contributed by atoms with van der Waals surface area (Å²) >= 11 is 12.3. The zero-order valence-electron chi connectivity index (χ0n) is 18.4. The van der Waals surface area contributed by atoms with Crippen molar-refractivity contribution in [1.29, 1.82) is 0 Å². The second-order valence-corrected chi connectivity index (χ2v) is 9.21. The summed E-state index contributed by atoms with van der Waals surface area (Å²) in [4.78, 5) is 7.20. The maximum absolute atomic E-state index is 6.18. The number of halogens is 2. The number of anilines is 4. The molecule has 1 aliphatic carbocycles. The first-order valence-corrected chi connectivity index (χ1v) is 11.7. The molecule has 2 aliphatic rings. The Balaban J connectivity index is 1.61. The van der Waals surface area contributed by atoms with E-state index in [9.17, 15) is 0 Å². The molecule has 6 heteroatoms. The van der Waals surface area contributed by atoms with Gasteiger partial charge in [0.05, 0.1) is 34.5 Å². The summed E-state index contributed by atoms with van der Waals surface area (Å²) in [5, 5.41) is 8.64. The number of hydrogen-bond donors (Lipinski definition) is 2. The van der Waals surface area contributed by atoms with E-state index in [1.54, 1.807) is 0 Å². The fraction of sp³-hybridized carbons (Fsp3) is 0.148. The predicted octanol–water partition coefficient (Wildman–Crippen LogP) is 7.67. The Morgan fingerprint density at radius 2 is 1.58 bits per heavy atom. The van der Waals surface area contributed by atoms with Gasteiger partial charge < -0.3 is 15.5 Å². The third kappa shape index (κ3) is 4.50. The zero-order valence-corrected chi connectivity index (χ0v) is 19.9. The van der Waals surface area contributed by atoms with Crippen LogP contribution in [0.3, 0.4) is 0 Å². The van der Waals surface area contributed by atoms with Crippen LogP contribution in [0.2, 0.25) is 10.0 Å². The van der Waals surface area contributed by atoms with Crippen LogP contribution < -0.4 is 15.5 Å². The van der Waals surface area contributed by atoms with Crippen molar-refractivity contribution in [2.75, 3.05) is 15.5 Å². The molecule has 3 aromatic carbocycles. The second kappa shape index (κ2) is 8.97. The number of benzene rings is 3. The van der Waals surface area contributed by atoms with E-state index in [2.05, 4.69) is 59.7 Å². The van der Waals surface area contributed by atoms with Gasteiger partial charge in [0.2, 0.25) is 0 Å². The number of nitrogens with zero attached hydrogens (tertiary/aromatic N) is 2. The van der Waals surface area contributed by atoms with Crippen LogP contribution in [0.25, 0.3) is 0 Å². The van der Waals surface area contributed by atoms with E-state index in [-0.39, 0.29) is 12.1 Å². The van der Waals surface area contributed by atoms with Gasteiger partial charge in [-0.15, -0.1) is 0 Å². The summed E-state index contributed by atoms with van der Waals surface area (Å²) in [7, 11) is 0. The zero-order chi connectivity index (χ0) is 22.9. The van der Waals surface area contributed by atoms with Gasteiger partial charge in [0.15, 0.2) is 0 Å². The van der Waals surface area contributed by atoms with Gasteiger partial charge in [-0.1, -0.05) is 35.3 Å². The van der Waals surface area contributed by atoms with Crippen LogP contribution >= 0.6 is 23.2 Å². The summed E-state index contributed by atoms with van der Waals surface area (Å²) in [5.41, 5.74) is 7.15. The monoisotopic (exact) mass is 474 g/mol. The molecule has 33 heavy (non-hydrogen) atoms. The fourth-order valence-electron chi connectivity index (χ4n) is 4.12. The van der Waals surface area contributed by atoms with E-state index in [1.165, 1.54) is 0 Å². The predicted molar refractivity (Wildman–Crippen MR) is 141 cm³/mol. The number of para-hydroxylation sites is 2. The molecular weight excluding hydrogens is 451 g/mol. The minimum absolute atomic E-state index is 0.0310. The van der Waals surface area contributed by atoms with Crippen molar-refractivity contribution in [1.82, 2.24) is 0 Å². The Labute approximate surface area is 204 Å². The first kappa shape index (κ1) is 21.6. The van der Waals surface area contributed by atoms with E-state index < -0.39 is 0 Å². The van der Waals surface area contributed by atoms with Crippen LogP contribution in [0.15, 0.2) is 101 Å². The Kier molecular flexibility index (Phi) is 5.88. The van der Waals surface area contributed by atoms with E-state index in [0.29, 0.717) is 10.0 Å². The Bertz CT molecular complexity index is 1260.